The molecule has 0 radical (unpaired) electrons. The summed E-state index contributed by atoms with van der Waals surface area (Å²) < 4.78 is 0. The maximum absolute atomic E-state index is 12.2. The van der Waals surface area contributed by atoms with Gasteiger partial charge >= 0.3 is 0 Å². The lowest BCUT2D eigenvalue weighted by Gasteiger charge is -2.33. The Balaban J connectivity index is 1.79. The van der Waals surface area contributed by atoms with E-state index in [2.05, 4.69) is 34.2 Å². The molecular weight excluding hydrogens is 314 g/mol. The zero-order valence-corrected chi connectivity index (χ0v) is 14.7. The number of likely N-dealkylation sites (N-methyl/N-ethyl adjacent to an activating group) is 2. The molecule has 2 aromatic heterocycles. The SMILES string of the molecule is Cc1[nH]nc2c1CCCc1c-2[nH]c2cc3c(cc12)N(C)CC(=O)N3C. The second-order valence-corrected chi connectivity index (χ2v) is 7.20. The molecule has 0 atom stereocenters. The molecule has 0 saturated heterocycles. The number of aryl methyl sites for hydroxylation is 2. The van der Waals surface area contributed by atoms with Crippen LogP contribution in [0, 0.1) is 6.92 Å². The smallest absolute Gasteiger partial charge is 0.246 e. The van der Waals surface area contributed by atoms with E-state index < -0.39 is 0 Å². The van der Waals surface area contributed by atoms with E-state index in [0.717, 1.165) is 53.2 Å². The molecule has 6 nitrogen and oxygen atoms in total. The topological polar surface area (TPSA) is 68.0 Å². The van der Waals surface area contributed by atoms with Gasteiger partial charge in [-0.1, -0.05) is 0 Å². The molecule has 25 heavy (non-hydrogen) atoms. The van der Waals surface area contributed by atoms with Gasteiger partial charge in [0.2, 0.25) is 5.91 Å². The summed E-state index contributed by atoms with van der Waals surface area (Å²) in [7, 11) is 3.83. The third-order valence-corrected chi connectivity index (χ3v) is 5.68. The fourth-order valence-electron chi connectivity index (χ4n) is 4.25. The number of anilines is 2. The summed E-state index contributed by atoms with van der Waals surface area (Å²) in [5.41, 5.74) is 9.15. The maximum Gasteiger partial charge on any atom is 0.246 e. The first-order chi connectivity index (χ1) is 12.0. The number of H-pyrrole nitrogens is 2. The molecule has 1 aliphatic heterocycles. The number of rotatable bonds is 0. The third kappa shape index (κ3) is 1.91. The van der Waals surface area contributed by atoms with Crippen LogP contribution in [-0.2, 0) is 17.6 Å². The Hall–Kier alpha value is -2.76. The highest BCUT2D eigenvalue weighted by molar-refractivity contribution is 6.07. The highest BCUT2D eigenvalue weighted by Crippen LogP contribution is 2.41. The predicted octanol–water partition coefficient (Wildman–Crippen LogP) is 2.77. The first-order valence-electron chi connectivity index (χ1n) is 8.75. The number of carbonyl (C=O) groups is 1. The zero-order valence-electron chi connectivity index (χ0n) is 14.7. The molecule has 1 amide bonds. The van der Waals surface area contributed by atoms with Gasteiger partial charge in [-0.05, 0) is 43.9 Å². The van der Waals surface area contributed by atoms with E-state index >= 15 is 0 Å². The second-order valence-electron chi connectivity index (χ2n) is 7.20. The largest absolute Gasteiger partial charge is 0.364 e. The van der Waals surface area contributed by atoms with Crippen LogP contribution in [0.2, 0.25) is 0 Å². The molecule has 5 rings (SSSR count). The van der Waals surface area contributed by atoms with Crippen molar-refractivity contribution in [2.45, 2.75) is 26.2 Å². The van der Waals surface area contributed by atoms with Crippen molar-refractivity contribution in [3.05, 3.63) is 29.0 Å². The lowest BCUT2D eigenvalue weighted by Crippen LogP contribution is -2.41. The number of benzene rings is 1. The van der Waals surface area contributed by atoms with Crippen LogP contribution in [0.25, 0.3) is 22.3 Å². The van der Waals surface area contributed by atoms with Gasteiger partial charge in [0.15, 0.2) is 0 Å². The van der Waals surface area contributed by atoms with Gasteiger partial charge in [0.25, 0.3) is 0 Å². The van der Waals surface area contributed by atoms with Gasteiger partial charge in [-0.25, -0.2) is 0 Å². The van der Waals surface area contributed by atoms with E-state index in [-0.39, 0.29) is 5.91 Å². The van der Waals surface area contributed by atoms with Crippen LogP contribution >= 0.6 is 0 Å². The van der Waals surface area contributed by atoms with E-state index in [1.165, 1.54) is 16.5 Å². The van der Waals surface area contributed by atoms with Crippen molar-refractivity contribution in [2.24, 2.45) is 0 Å². The summed E-state index contributed by atoms with van der Waals surface area (Å²) in [6.45, 7) is 2.51. The fraction of sp³-hybridized carbons (Fsp3) is 0.368. The van der Waals surface area contributed by atoms with Crippen molar-refractivity contribution in [1.82, 2.24) is 15.2 Å². The number of carbonyl (C=O) groups excluding carboxylic acids is 1. The van der Waals surface area contributed by atoms with Crippen molar-refractivity contribution < 1.29 is 4.79 Å². The standard InChI is InChI=1S/C19H21N5O/c1-10-11-5-4-6-12-13-7-15-16(24(3)17(25)9-23(15)2)8-14(13)20-18(12)19(11)22-21-10/h7-8,20H,4-6,9H2,1-3H3,(H,21,22). The number of nitrogens with zero attached hydrogens (tertiary/aromatic N) is 3. The van der Waals surface area contributed by atoms with Crippen molar-refractivity contribution in [3.8, 4) is 11.4 Å². The highest BCUT2D eigenvalue weighted by atomic mass is 16.2. The van der Waals surface area contributed by atoms with Gasteiger partial charge in [-0.2, -0.15) is 5.10 Å². The Labute approximate surface area is 145 Å². The molecule has 0 saturated carbocycles. The molecule has 0 bridgehead atoms. The van der Waals surface area contributed by atoms with Crippen LogP contribution in [0.5, 0.6) is 0 Å². The first-order valence-corrected chi connectivity index (χ1v) is 8.75. The average Bonchev–Trinajstić information content (AvgIpc) is 3.06. The average molecular weight is 335 g/mol. The zero-order chi connectivity index (χ0) is 17.3. The van der Waals surface area contributed by atoms with Crippen LogP contribution in [0.3, 0.4) is 0 Å². The second kappa shape index (κ2) is 4.88. The monoisotopic (exact) mass is 335 g/mol. The first kappa shape index (κ1) is 14.6. The van der Waals surface area contributed by atoms with Crippen molar-refractivity contribution in [2.75, 3.05) is 30.4 Å². The van der Waals surface area contributed by atoms with Gasteiger partial charge in [-0.3, -0.25) is 9.89 Å². The Bertz CT molecular complexity index is 1030. The van der Waals surface area contributed by atoms with Crippen LogP contribution < -0.4 is 9.80 Å². The van der Waals surface area contributed by atoms with Gasteiger partial charge in [0.1, 0.15) is 5.69 Å². The Morgan fingerprint density at radius 3 is 2.76 bits per heavy atom. The van der Waals surface area contributed by atoms with Gasteiger partial charge in [-0.15, -0.1) is 0 Å². The fourth-order valence-corrected chi connectivity index (χ4v) is 4.25. The predicted molar refractivity (Wildman–Crippen MR) is 99.3 cm³/mol. The van der Waals surface area contributed by atoms with Crippen LogP contribution in [0.1, 0.15) is 23.2 Å². The molecule has 2 N–H and O–H groups in total. The lowest BCUT2D eigenvalue weighted by atomic mass is 10.0. The molecule has 0 unspecified atom stereocenters. The summed E-state index contributed by atoms with van der Waals surface area (Å²) >= 11 is 0. The van der Waals surface area contributed by atoms with Crippen molar-refractivity contribution in [1.29, 1.82) is 0 Å². The van der Waals surface area contributed by atoms with Crippen molar-refractivity contribution >= 4 is 28.2 Å². The summed E-state index contributed by atoms with van der Waals surface area (Å²) in [4.78, 5) is 19.6. The molecule has 0 spiro atoms. The number of amides is 1. The number of nitrogens with one attached hydrogen (secondary N) is 2. The van der Waals surface area contributed by atoms with Crippen LogP contribution in [-0.4, -0.2) is 41.7 Å². The van der Waals surface area contributed by atoms with E-state index in [1.807, 2.05) is 19.0 Å². The Morgan fingerprint density at radius 2 is 1.92 bits per heavy atom. The summed E-state index contributed by atoms with van der Waals surface area (Å²) in [6, 6.07) is 4.33. The molecule has 1 aromatic carbocycles. The Kier molecular flexibility index (Phi) is 2.84. The van der Waals surface area contributed by atoms with Gasteiger partial charge in [0, 0.05) is 36.3 Å². The minimum absolute atomic E-state index is 0.118. The van der Waals surface area contributed by atoms with E-state index in [0.29, 0.717) is 6.54 Å². The van der Waals surface area contributed by atoms with E-state index in [4.69, 9.17) is 0 Å². The quantitative estimate of drug-likeness (QED) is 0.664. The maximum atomic E-state index is 12.2. The normalized spacial score (nSPS) is 16.7. The molecule has 3 heterocycles. The molecule has 1 aliphatic carbocycles. The minimum atomic E-state index is 0.118. The number of hydrogen-bond donors (Lipinski definition) is 2. The van der Waals surface area contributed by atoms with E-state index in [1.54, 1.807) is 4.90 Å². The Morgan fingerprint density at radius 1 is 1.12 bits per heavy atom. The molecule has 3 aromatic rings. The lowest BCUT2D eigenvalue weighted by molar-refractivity contribution is -0.117. The molecule has 2 aliphatic rings. The number of aromatic amines is 2. The number of fused-ring (bicyclic) bond motifs is 6. The van der Waals surface area contributed by atoms with Crippen LogP contribution in [0.15, 0.2) is 12.1 Å². The molecular formula is C19H21N5O. The molecule has 6 heteroatoms. The summed E-state index contributed by atoms with van der Waals surface area (Å²) in [5.74, 6) is 0.118. The minimum Gasteiger partial charge on any atom is -0.364 e. The van der Waals surface area contributed by atoms with E-state index in [9.17, 15) is 4.79 Å². The van der Waals surface area contributed by atoms with Crippen LogP contribution in [0.4, 0.5) is 11.4 Å². The number of aromatic nitrogens is 3. The number of hydrogen-bond acceptors (Lipinski definition) is 3. The summed E-state index contributed by atoms with van der Waals surface area (Å²) in [6.07, 6.45) is 3.23. The molecule has 128 valence electrons. The highest BCUT2D eigenvalue weighted by Gasteiger charge is 2.28. The van der Waals surface area contributed by atoms with Gasteiger partial charge < -0.3 is 14.8 Å². The summed E-state index contributed by atoms with van der Waals surface area (Å²) in [5, 5.41) is 8.94. The van der Waals surface area contributed by atoms with Crippen molar-refractivity contribution in [3.63, 3.8) is 0 Å². The van der Waals surface area contributed by atoms with Gasteiger partial charge in [0.05, 0.1) is 23.6 Å². The molecule has 0 fully saturated rings. The third-order valence-electron chi connectivity index (χ3n) is 5.68.